The van der Waals surface area contributed by atoms with Gasteiger partial charge in [0.25, 0.3) is 0 Å². The van der Waals surface area contributed by atoms with E-state index in [2.05, 4.69) is 12.6 Å². The van der Waals surface area contributed by atoms with Crippen LogP contribution in [0.5, 0.6) is 0 Å². The van der Waals surface area contributed by atoms with Crippen LogP contribution in [0.4, 0.5) is 0 Å². The molecule has 3 N–H and O–H groups in total. The summed E-state index contributed by atoms with van der Waals surface area (Å²) in [6, 6.07) is 0. The Bertz CT molecular complexity index is 83.8. The van der Waals surface area contributed by atoms with Gasteiger partial charge in [0.05, 0.1) is 24.1 Å². The average molecular weight is 212 g/mol. The Morgan fingerprint density at radius 2 is 1.91 bits per heavy atom. The normalized spacial score (nSPS) is 13.5. The quantitative estimate of drug-likeness (QED) is 0.210. The molecule has 0 rings (SSSR count). The van der Waals surface area contributed by atoms with E-state index in [9.17, 15) is 0 Å². The number of thiol groups is 1. The third-order valence-corrected chi connectivity index (χ3v) is 0.843. The molecule has 0 fully saturated rings. The van der Waals surface area contributed by atoms with E-state index in [-0.39, 0.29) is 36.2 Å². The number of aliphatic hydroxyl groups is 2. The van der Waals surface area contributed by atoms with E-state index in [1.165, 1.54) is 0 Å². The largest absolute Gasteiger partial charge is 1.00 e. The van der Waals surface area contributed by atoms with E-state index in [0.29, 0.717) is 5.75 Å². The molecule has 0 radical (unpaired) electrons. The summed E-state index contributed by atoms with van der Waals surface area (Å²) in [6.07, 6.45) is -0.645. The molecule has 11 heavy (non-hydrogen) atoms. The molecule has 64 valence electrons. The topological polar surface area (TPSA) is 101 Å². The molecular formula is C3H9NaO5S2. The van der Waals surface area contributed by atoms with E-state index >= 15 is 0 Å². The van der Waals surface area contributed by atoms with Crippen molar-refractivity contribution in [3.63, 3.8) is 0 Å². The van der Waals surface area contributed by atoms with Gasteiger partial charge in [-0.25, -0.2) is 4.21 Å². The van der Waals surface area contributed by atoms with Gasteiger partial charge in [-0.3, -0.25) is 0 Å². The fourth-order valence-electron chi connectivity index (χ4n) is 0.0577. The molecular weight excluding hydrogens is 203 g/mol. The third-order valence-electron chi connectivity index (χ3n) is 0.421. The van der Waals surface area contributed by atoms with Gasteiger partial charge in [-0.2, -0.15) is 12.6 Å². The van der Waals surface area contributed by atoms with Crippen molar-refractivity contribution >= 4 is 24.0 Å². The third kappa shape index (κ3) is 34.7. The summed E-state index contributed by atoms with van der Waals surface area (Å²) in [5.41, 5.74) is 0. The van der Waals surface area contributed by atoms with E-state index in [1.54, 1.807) is 0 Å². The predicted octanol–water partition coefficient (Wildman–Crippen LogP) is -4.39. The SMILES string of the molecule is O=S([O-])O.OCC(O)CS.[Na+]. The number of aliphatic hydroxyl groups excluding tert-OH is 2. The molecule has 0 aliphatic rings. The molecule has 2 unspecified atom stereocenters. The van der Waals surface area contributed by atoms with Gasteiger partial charge < -0.3 is 19.3 Å². The minimum atomic E-state index is -2.86. The fraction of sp³-hybridized carbons (Fsp3) is 1.00. The Kier molecular flexibility index (Phi) is 23.0. The molecule has 0 heterocycles. The molecule has 0 saturated carbocycles. The van der Waals surface area contributed by atoms with Crippen LogP contribution < -0.4 is 29.6 Å². The zero-order valence-electron chi connectivity index (χ0n) is 6.01. The first-order valence-corrected chi connectivity index (χ1v) is 3.89. The van der Waals surface area contributed by atoms with Gasteiger partial charge >= 0.3 is 29.6 Å². The molecule has 0 aromatic rings. The van der Waals surface area contributed by atoms with Gasteiger partial charge in [-0.15, -0.1) is 0 Å². The maximum absolute atomic E-state index is 8.56. The van der Waals surface area contributed by atoms with Gasteiger partial charge in [-0.05, 0) is 0 Å². The molecule has 5 nitrogen and oxygen atoms in total. The van der Waals surface area contributed by atoms with Gasteiger partial charge in [-0.1, -0.05) is 0 Å². The minimum Gasteiger partial charge on any atom is -0.750 e. The van der Waals surface area contributed by atoms with Crippen LogP contribution in [-0.2, 0) is 11.4 Å². The van der Waals surface area contributed by atoms with Crippen LogP contribution in [0.3, 0.4) is 0 Å². The van der Waals surface area contributed by atoms with Gasteiger partial charge in [0, 0.05) is 5.75 Å². The summed E-state index contributed by atoms with van der Waals surface area (Å²) in [5.74, 6) is 0.330. The van der Waals surface area contributed by atoms with Crippen LogP contribution in [0.1, 0.15) is 0 Å². The zero-order valence-corrected chi connectivity index (χ0v) is 9.72. The van der Waals surface area contributed by atoms with Crippen molar-refractivity contribution in [2.45, 2.75) is 6.10 Å². The molecule has 8 heteroatoms. The first-order valence-electron chi connectivity index (χ1n) is 2.22. The second kappa shape index (κ2) is 13.9. The van der Waals surface area contributed by atoms with Crippen molar-refractivity contribution < 1.29 is 53.1 Å². The molecule has 0 aromatic carbocycles. The van der Waals surface area contributed by atoms with E-state index in [0.717, 1.165) is 0 Å². The molecule has 0 saturated heterocycles. The van der Waals surface area contributed by atoms with Crippen LogP contribution in [-0.4, -0.2) is 42.0 Å². The smallest absolute Gasteiger partial charge is 0.750 e. The standard InChI is InChI=1S/C3H8O2S.Na.H2O3S/c4-1-3(5)2-6;;1-4(2)3/h3-6H,1-2H2;;(H2,1,2,3)/q;+1;/p-1. The molecule has 0 bridgehead atoms. The summed E-state index contributed by atoms with van der Waals surface area (Å²) >= 11 is 0.824. The minimum absolute atomic E-state index is 0. The van der Waals surface area contributed by atoms with Crippen LogP contribution >= 0.6 is 12.6 Å². The van der Waals surface area contributed by atoms with Gasteiger partial charge in [0.1, 0.15) is 0 Å². The second-order valence-electron chi connectivity index (χ2n) is 1.24. The Labute approximate surface area is 95.0 Å². The van der Waals surface area contributed by atoms with E-state index in [1.807, 2.05) is 0 Å². The van der Waals surface area contributed by atoms with E-state index in [4.69, 9.17) is 23.5 Å². The maximum atomic E-state index is 8.56. The molecule has 0 aromatic heterocycles. The maximum Gasteiger partial charge on any atom is 1.00 e. The van der Waals surface area contributed by atoms with Crippen LogP contribution in [0.2, 0.25) is 0 Å². The molecule has 0 aliphatic heterocycles. The number of rotatable bonds is 2. The van der Waals surface area contributed by atoms with Crippen LogP contribution in [0.25, 0.3) is 0 Å². The monoisotopic (exact) mass is 212 g/mol. The van der Waals surface area contributed by atoms with E-state index < -0.39 is 17.5 Å². The molecule has 2 atom stereocenters. The number of hydrogen-bond acceptors (Lipinski definition) is 5. The Morgan fingerprint density at radius 1 is 1.64 bits per heavy atom. The average Bonchev–Trinajstić information content (AvgIpc) is 1.85. The fourth-order valence-corrected chi connectivity index (χ4v) is 0.173. The number of hydrogen-bond donors (Lipinski definition) is 4. The van der Waals surface area contributed by atoms with Crippen LogP contribution in [0.15, 0.2) is 0 Å². The first-order chi connectivity index (χ1) is 4.54. The van der Waals surface area contributed by atoms with Crippen molar-refractivity contribution in [1.82, 2.24) is 0 Å². The van der Waals surface area contributed by atoms with Crippen LogP contribution in [0, 0.1) is 0 Å². The van der Waals surface area contributed by atoms with Crippen molar-refractivity contribution in [3.8, 4) is 0 Å². The van der Waals surface area contributed by atoms with Crippen molar-refractivity contribution in [2.75, 3.05) is 12.4 Å². The zero-order chi connectivity index (χ0) is 8.57. The van der Waals surface area contributed by atoms with Gasteiger partial charge in [0.15, 0.2) is 0 Å². The predicted molar refractivity (Wildman–Crippen MR) is 38.5 cm³/mol. The first kappa shape index (κ1) is 18.2. The molecule has 0 spiro atoms. The second-order valence-corrected chi connectivity index (χ2v) is 2.04. The van der Waals surface area contributed by atoms with Crippen molar-refractivity contribution in [3.05, 3.63) is 0 Å². The van der Waals surface area contributed by atoms with Gasteiger partial charge in [0.2, 0.25) is 0 Å². The van der Waals surface area contributed by atoms with Crippen molar-refractivity contribution in [2.24, 2.45) is 0 Å². The summed E-state index contributed by atoms with van der Waals surface area (Å²) in [6.45, 7) is -0.191. The van der Waals surface area contributed by atoms with Crippen molar-refractivity contribution in [1.29, 1.82) is 0 Å². The Hall–Kier alpha value is 1.34. The summed E-state index contributed by atoms with van der Waals surface area (Å²) < 4.78 is 24.1. The Balaban J connectivity index is -0.000000114. The summed E-state index contributed by atoms with van der Waals surface area (Å²) in [5, 5.41) is 16.4. The summed E-state index contributed by atoms with van der Waals surface area (Å²) in [7, 11) is 0. The Morgan fingerprint density at radius 3 is 1.91 bits per heavy atom. The summed E-state index contributed by atoms with van der Waals surface area (Å²) in [4.78, 5) is 0. The molecule has 0 amide bonds. The molecule has 0 aliphatic carbocycles.